The van der Waals surface area contributed by atoms with Gasteiger partial charge in [0, 0.05) is 10.9 Å². The van der Waals surface area contributed by atoms with Crippen molar-refractivity contribution >= 4 is 29.1 Å². The number of nitrogens with one attached hydrogen (secondary N) is 1. The van der Waals surface area contributed by atoms with Crippen LogP contribution in [0, 0.1) is 6.92 Å². The average Bonchev–Trinajstić information content (AvgIpc) is 2.92. The third-order valence-electron chi connectivity index (χ3n) is 3.03. The van der Waals surface area contributed by atoms with Crippen LogP contribution in [0.3, 0.4) is 0 Å². The molecule has 8 heteroatoms. The Morgan fingerprint density at radius 3 is 2.57 bits per heavy atom. The molecule has 0 aliphatic carbocycles. The highest BCUT2D eigenvalue weighted by atomic mass is 32.1. The molecule has 2 aromatic rings. The first-order valence-corrected chi connectivity index (χ1v) is 7.64. The maximum Gasteiger partial charge on any atom is 0.249 e. The van der Waals surface area contributed by atoms with Gasteiger partial charge in [0.2, 0.25) is 17.7 Å². The van der Waals surface area contributed by atoms with Crippen molar-refractivity contribution in [3.05, 3.63) is 40.9 Å². The van der Waals surface area contributed by atoms with E-state index in [-0.39, 0.29) is 6.42 Å². The molecule has 0 spiro atoms. The van der Waals surface area contributed by atoms with E-state index in [9.17, 15) is 14.4 Å². The number of primary amides is 2. The summed E-state index contributed by atoms with van der Waals surface area (Å²) >= 11 is 1.41. The Morgan fingerprint density at radius 1 is 1.26 bits per heavy atom. The number of nitrogens with zero attached hydrogens (tertiary/aromatic N) is 1. The van der Waals surface area contributed by atoms with Crippen LogP contribution < -0.4 is 16.8 Å². The summed E-state index contributed by atoms with van der Waals surface area (Å²) in [6, 6.07) is 6.34. The van der Waals surface area contributed by atoms with Crippen LogP contribution in [0.4, 0.5) is 0 Å². The molecule has 0 unspecified atom stereocenters. The van der Waals surface area contributed by atoms with Gasteiger partial charge in [0.15, 0.2) is 6.04 Å². The van der Waals surface area contributed by atoms with Crippen molar-refractivity contribution in [3.8, 4) is 10.6 Å². The van der Waals surface area contributed by atoms with E-state index in [1.165, 1.54) is 11.3 Å². The Hall–Kier alpha value is -2.74. The van der Waals surface area contributed by atoms with E-state index in [1.54, 1.807) is 5.38 Å². The Balaban J connectivity index is 2.05. The Morgan fingerprint density at radius 2 is 1.96 bits per heavy atom. The quantitative estimate of drug-likeness (QED) is 0.649. The average molecular weight is 332 g/mol. The fourth-order valence-corrected chi connectivity index (χ4v) is 2.77. The third-order valence-corrected chi connectivity index (χ3v) is 3.97. The predicted molar refractivity (Wildman–Crippen MR) is 86.3 cm³/mol. The molecule has 0 aliphatic rings. The van der Waals surface area contributed by atoms with Crippen LogP contribution in [0.2, 0.25) is 0 Å². The molecule has 3 amide bonds. The number of thiazole rings is 1. The van der Waals surface area contributed by atoms with Crippen LogP contribution in [0.15, 0.2) is 29.6 Å². The van der Waals surface area contributed by atoms with Crippen LogP contribution in [0.1, 0.15) is 11.3 Å². The van der Waals surface area contributed by atoms with E-state index in [1.807, 2.05) is 31.2 Å². The second kappa shape index (κ2) is 7.01. The van der Waals surface area contributed by atoms with Crippen molar-refractivity contribution in [2.45, 2.75) is 19.4 Å². The van der Waals surface area contributed by atoms with Crippen molar-refractivity contribution in [3.63, 3.8) is 0 Å². The van der Waals surface area contributed by atoms with Crippen LogP contribution in [-0.4, -0.2) is 28.7 Å². The van der Waals surface area contributed by atoms with Gasteiger partial charge < -0.3 is 16.8 Å². The van der Waals surface area contributed by atoms with E-state index in [4.69, 9.17) is 11.5 Å². The molecule has 1 heterocycles. The fourth-order valence-electron chi connectivity index (χ4n) is 1.96. The number of rotatable bonds is 6. The first-order valence-electron chi connectivity index (χ1n) is 6.76. The van der Waals surface area contributed by atoms with Gasteiger partial charge in [-0.05, 0) is 13.0 Å². The molecule has 120 valence electrons. The number of carbonyl (C=O) groups excluding carboxylic acids is 3. The van der Waals surface area contributed by atoms with E-state index >= 15 is 0 Å². The van der Waals surface area contributed by atoms with Gasteiger partial charge in [-0.1, -0.05) is 23.8 Å². The lowest BCUT2D eigenvalue weighted by Gasteiger charge is -2.10. The predicted octanol–water partition coefficient (Wildman–Crippen LogP) is 0.116. The van der Waals surface area contributed by atoms with Crippen molar-refractivity contribution in [2.75, 3.05) is 0 Å². The summed E-state index contributed by atoms with van der Waals surface area (Å²) in [5, 5.41) is 4.74. The summed E-state index contributed by atoms with van der Waals surface area (Å²) in [5.74, 6) is -2.54. The highest BCUT2D eigenvalue weighted by Gasteiger charge is 2.24. The summed E-state index contributed by atoms with van der Waals surface area (Å²) in [4.78, 5) is 38.3. The summed E-state index contributed by atoms with van der Waals surface area (Å²) in [5.41, 5.74) is 12.6. The van der Waals surface area contributed by atoms with Gasteiger partial charge in [-0.2, -0.15) is 0 Å². The minimum Gasteiger partial charge on any atom is -0.367 e. The van der Waals surface area contributed by atoms with Gasteiger partial charge in [-0.3, -0.25) is 14.4 Å². The zero-order valence-electron chi connectivity index (χ0n) is 12.4. The summed E-state index contributed by atoms with van der Waals surface area (Å²) in [6.07, 6.45) is -0.0701. The number of hydrogen-bond donors (Lipinski definition) is 3. The maximum atomic E-state index is 11.9. The molecule has 0 atom stereocenters. The number of amides is 3. The second-order valence-electron chi connectivity index (χ2n) is 5.00. The van der Waals surface area contributed by atoms with Crippen molar-refractivity contribution < 1.29 is 14.4 Å². The Labute approximate surface area is 136 Å². The molecule has 1 aromatic heterocycles. The molecule has 7 nitrogen and oxygen atoms in total. The molecule has 0 radical (unpaired) electrons. The van der Waals surface area contributed by atoms with Gasteiger partial charge in [0.25, 0.3) is 0 Å². The van der Waals surface area contributed by atoms with E-state index in [0.717, 1.165) is 16.1 Å². The third kappa shape index (κ3) is 4.36. The number of carbonyl (C=O) groups is 3. The molecule has 0 saturated heterocycles. The molecule has 5 N–H and O–H groups in total. The molecule has 1 aromatic carbocycles. The van der Waals surface area contributed by atoms with Gasteiger partial charge in [0.05, 0.1) is 12.1 Å². The second-order valence-corrected chi connectivity index (χ2v) is 5.85. The molecule has 2 rings (SSSR count). The highest BCUT2D eigenvalue weighted by Crippen LogP contribution is 2.24. The molecule has 0 saturated carbocycles. The number of aryl methyl sites for hydroxylation is 1. The van der Waals surface area contributed by atoms with E-state index in [2.05, 4.69) is 10.3 Å². The minimum atomic E-state index is -1.52. The molecule has 0 aliphatic heterocycles. The smallest absolute Gasteiger partial charge is 0.249 e. The van der Waals surface area contributed by atoms with Gasteiger partial charge in [-0.15, -0.1) is 11.3 Å². The molecule has 0 fully saturated rings. The number of benzene rings is 1. The number of nitrogens with two attached hydrogens (primary N) is 2. The Bertz CT molecular complexity index is 743. The zero-order chi connectivity index (χ0) is 17.0. The van der Waals surface area contributed by atoms with E-state index in [0.29, 0.717) is 5.69 Å². The van der Waals surface area contributed by atoms with Gasteiger partial charge in [0.1, 0.15) is 5.01 Å². The molecule has 0 bridgehead atoms. The van der Waals surface area contributed by atoms with Gasteiger partial charge >= 0.3 is 0 Å². The lowest BCUT2D eigenvalue weighted by molar-refractivity contribution is -0.133. The standard InChI is InChI=1S/C15H16N4O3S/c1-8-3-2-4-9(5-8)15-18-10(7-23-15)6-11(20)19-12(13(16)21)14(17)22/h2-5,7,12H,6H2,1H3,(H2,16,21)(H2,17,22)(H,19,20). The topological polar surface area (TPSA) is 128 Å². The molecular formula is C15H16N4O3S. The lowest BCUT2D eigenvalue weighted by atomic mass is 10.1. The summed E-state index contributed by atoms with van der Waals surface area (Å²) in [6.45, 7) is 1.99. The first kappa shape index (κ1) is 16.6. The fraction of sp³-hybridized carbons (Fsp3) is 0.200. The summed E-state index contributed by atoms with van der Waals surface area (Å²) in [7, 11) is 0. The zero-order valence-corrected chi connectivity index (χ0v) is 13.2. The number of hydrogen-bond acceptors (Lipinski definition) is 5. The van der Waals surface area contributed by atoms with E-state index < -0.39 is 23.8 Å². The lowest BCUT2D eigenvalue weighted by Crippen LogP contribution is -2.52. The van der Waals surface area contributed by atoms with Crippen molar-refractivity contribution in [1.29, 1.82) is 0 Å². The van der Waals surface area contributed by atoms with Gasteiger partial charge in [-0.25, -0.2) is 4.98 Å². The number of aromatic nitrogens is 1. The Kier molecular flexibility index (Phi) is 5.07. The normalized spacial score (nSPS) is 10.5. The van der Waals surface area contributed by atoms with Crippen LogP contribution >= 0.6 is 11.3 Å². The molecule has 23 heavy (non-hydrogen) atoms. The highest BCUT2D eigenvalue weighted by molar-refractivity contribution is 7.13. The molecular weight excluding hydrogens is 316 g/mol. The van der Waals surface area contributed by atoms with Crippen LogP contribution in [0.5, 0.6) is 0 Å². The SMILES string of the molecule is Cc1cccc(-c2nc(CC(=O)NC(C(N)=O)C(N)=O)cs2)c1. The van der Waals surface area contributed by atoms with Crippen LogP contribution in [-0.2, 0) is 20.8 Å². The first-order chi connectivity index (χ1) is 10.9. The van der Waals surface area contributed by atoms with Crippen molar-refractivity contribution in [2.24, 2.45) is 11.5 Å². The largest absolute Gasteiger partial charge is 0.367 e. The monoisotopic (exact) mass is 332 g/mol. The van der Waals surface area contributed by atoms with Crippen LogP contribution in [0.25, 0.3) is 10.6 Å². The maximum absolute atomic E-state index is 11.9. The summed E-state index contributed by atoms with van der Waals surface area (Å²) < 4.78 is 0. The van der Waals surface area contributed by atoms with Crippen molar-refractivity contribution in [1.82, 2.24) is 10.3 Å². The minimum absolute atomic E-state index is 0.0701.